The smallest absolute Gasteiger partial charge is 0.223 e. The maximum atomic E-state index is 11.9. The van der Waals surface area contributed by atoms with E-state index in [1.807, 2.05) is 6.92 Å². The highest BCUT2D eigenvalue weighted by atomic mass is 16.3. The van der Waals surface area contributed by atoms with Gasteiger partial charge in [-0.05, 0) is 26.2 Å². The second-order valence-corrected chi connectivity index (χ2v) is 4.71. The zero-order valence-electron chi connectivity index (χ0n) is 10.1. The second-order valence-electron chi connectivity index (χ2n) is 4.71. The van der Waals surface area contributed by atoms with E-state index >= 15 is 0 Å². The van der Waals surface area contributed by atoms with Crippen molar-refractivity contribution in [1.82, 2.24) is 15.3 Å². The summed E-state index contributed by atoms with van der Waals surface area (Å²) in [7, 11) is 0. The maximum Gasteiger partial charge on any atom is 0.223 e. The minimum absolute atomic E-state index is 0.0335. The van der Waals surface area contributed by atoms with E-state index in [4.69, 9.17) is 0 Å². The topological polar surface area (TPSA) is 78.0 Å². The Morgan fingerprint density at radius 1 is 1.65 bits per heavy atom. The number of hydrogen-bond acceptors (Lipinski definition) is 3. The SMILES string of the molecule is Cc1[nH]cnc1CNC(=O)[C@H]1CCC[C@@H](O)C1. The Kier molecular flexibility index (Phi) is 3.78. The van der Waals surface area contributed by atoms with Gasteiger partial charge in [-0.2, -0.15) is 0 Å². The van der Waals surface area contributed by atoms with Crippen molar-refractivity contribution in [2.24, 2.45) is 5.92 Å². The number of carbonyl (C=O) groups is 1. The van der Waals surface area contributed by atoms with Crippen molar-refractivity contribution < 1.29 is 9.90 Å². The normalized spacial score (nSPS) is 24.6. The van der Waals surface area contributed by atoms with E-state index in [-0.39, 0.29) is 17.9 Å². The number of hydrogen-bond donors (Lipinski definition) is 3. The molecule has 1 aromatic heterocycles. The molecule has 1 aliphatic carbocycles. The van der Waals surface area contributed by atoms with E-state index in [2.05, 4.69) is 15.3 Å². The van der Waals surface area contributed by atoms with Crippen molar-refractivity contribution >= 4 is 5.91 Å². The van der Waals surface area contributed by atoms with Gasteiger partial charge < -0.3 is 15.4 Å². The molecule has 17 heavy (non-hydrogen) atoms. The molecule has 0 aromatic carbocycles. The second kappa shape index (κ2) is 5.31. The first-order valence-corrected chi connectivity index (χ1v) is 6.11. The monoisotopic (exact) mass is 237 g/mol. The number of aliphatic hydroxyl groups excluding tert-OH is 1. The minimum atomic E-state index is -0.313. The molecule has 5 heteroatoms. The highest BCUT2D eigenvalue weighted by Gasteiger charge is 2.25. The Labute approximate surface area is 101 Å². The maximum absolute atomic E-state index is 11.9. The fourth-order valence-electron chi connectivity index (χ4n) is 2.28. The van der Waals surface area contributed by atoms with Crippen LogP contribution in [-0.4, -0.2) is 27.1 Å². The molecular weight excluding hydrogens is 218 g/mol. The van der Waals surface area contributed by atoms with Gasteiger partial charge in [0, 0.05) is 11.6 Å². The predicted molar refractivity (Wildman–Crippen MR) is 63.1 cm³/mol. The lowest BCUT2D eigenvalue weighted by atomic mass is 9.87. The fourth-order valence-corrected chi connectivity index (χ4v) is 2.28. The van der Waals surface area contributed by atoms with Crippen LogP contribution in [0.4, 0.5) is 0 Å². The first kappa shape index (κ1) is 12.1. The lowest BCUT2D eigenvalue weighted by Crippen LogP contribution is -2.34. The Bertz CT molecular complexity index is 389. The summed E-state index contributed by atoms with van der Waals surface area (Å²) in [6.45, 7) is 2.39. The molecule has 5 nitrogen and oxygen atoms in total. The Balaban J connectivity index is 1.83. The number of aliphatic hydroxyl groups is 1. The molecule has 1 amide bonds. The Morgan fingerprint density at radius 2 is 2.47 bits per heavy atom. The number of nitrogens with zero attached hydrogens (tertiary/aromatic N) is 1. The van der Waals surface area contributed by atoms with Gasteiger partial charge in [-0.25, -0.2) is 4.98 Å². The van der Waals surface area contributed by atoms with Gasteiger partial charge >= 0.3 is 0 Å². The van der Waals surface area contributed by atoms with E-state index in [0.717, 1.165) is 30.7 Å². The van der Waals surface area contributed by atoms with Crippen LogP contribution in [-0.2, 0) is 11.3 Å². The Hall–Kier alpha value is -1.36. The first-order valence-electron chi connectivity index (χ1n) is 6.11. The molecule has 94 valence electrons. The average Bonchev–Trinajstić information content (AvgIpc) is 2.72. The van der Waals surface area contributed by atoms with Crippen molar-refractivity contribution in [2.45, 2.75) is 45.3 Å². The molecular formula is C12H19N3O2. The van der Waals surface area contributed by atoms with Crippen LogP contribution in [0.25, 0.3) is 0 Å². The summed E-state index contributed by atoms with van der Waals surface area (Å²) >= 11 is 0. The van der Waals surface area contributed by atoms with Crippen LogP contribution in [0.2, 0.25) is 0 Å². The zero-order valence-corrected chi connectivity index (χ0v) is 10.1. The highest BCUT2D eigenvalue weighted by Crippen LogP contribution is 2.24. The van der Waals surface area contributed by atoms with Gasteiger partial charge in [0.2, 0.25) is 5.91 Å². The van der Waals surface area contributed by atoms with Crippen LogP contribution >= 0.6 is 0 Å². The number of amides is 1. The molecule has 1 aromatic rings. The van der Waals surface area contributed by atoms with E-state index in [0.29, 0.717) is 13.0 Å². The zero-order chi connectivity index (χ0) is 12.3. The van der Waals surface area contributed by atoms with Crippen molar-refractivity contribution in [3.8, 4) is 0 Å². The summed E-state index contributed by atoms with van der Waals surface area (Å²) in [4.78, 5) is 19.0. The lowest BCUT2D eigenvalue weighted by molar-refractivity contribution is -0.127. The summed E-state index contributed by atoms with van der Waals surface area (Å²) in [5.74, 6) is -0.0100. The van der Waals surface area contributed by atoms with Crippen molar-refractivity contribution in [3.05, 3.63) is 17.7 Å². The number of aromatic nitrogens is 2. The van der Waals surface area contributed by atoms with Gasteiger partial charge in [0.15, 0.2) is 0 Å². The number of H-pyrrole nitrogens is 1. The Morgan fingerprint density at radius 3 is 3.12 bits per heavy atom. The van der Waals surface area contributed by atoms with Gasteiger partial charge in [-0.15, -0.1) is 0 Å². The van der Waals surface area contributed by atoms with Crippen molar-refractivity contribution in [2.75, 3.05) is 0 Å². The molecule has 0 spiro atoms. The van der Waals surface area contributed by atoms with Crippen LogP contribution in [0.15, 0.2) is 6.33 Å². The molecule has 0 bridgehead atoms. The van der Waals surface area contributed by atoms with Crippen LogP contribution in [0.1, 0.15) is 37.1 Å². The third-order valence-electron chi connectivity index (χ3n) is 3.38. The lowest BCUT2D eigenvalue weighted by Gasteiger charge is -2.24. The summed E-state index contributed by atoms with van der Waals surface area (Å²) < 4.78 is 0. The van der Waals surface area contributed by atoms with E-state index in [9.17, 15) is 9.90 Å². The van der Waals surface area contributed by atoms with Crippen LogP contribution in [0.3, 0.4) is 0 Å². The average molecular weight is 237 g/mol. The molecule has 1 saturated carbocycles. The number of rotatable bonds is 3. The van der Waals surface area contributed by atoms with Crippen molar-refractivity contribution in [1.29, 1.82) is 0 Å². The molecule has 0 saturated heterocycles. The molecule has 0 radical (unpaired) electrons. The number of aromatic amines is 1. The predicted octanol–water partition coefficient (Wildman–Crippen LogP) is 0.885. The van der Waals surface area contributed by atoms with Gasteiger partial charge in [0.05, 0.1) is 24.7 Å². The summed E-state index contributed by atoms with van der Waals surface area (Å²) in [5.41, 5.74) is 1.85. The first-order chi connectivity index (χ1) is 8.16. The molecule has 3 N–H and O–H groups in total. The third-order valence-corrected chi connectivity index (χ3v) is 3.38. The summed E-state index contributed by atoms with van der Waals surface area (Å²) in [5, 5.41) is 12.4. The number of carbonyl (C=O) groups excluding carboxylic acids is 1. The number of nitrogens with one attached hydrogen (secondary N) is 2. The summed E-state index contributed by atoms with van der Waals surface area (Å²) in [6, 6.07) is 0. The van der Waals surface area contributed by atoms with Crippen LogP contribution in [0, 0.1) is 12.8 Å². The van der Waals surface area contributed by atoms with Gasteiger partial charge in [-0.1, -0.05) is 6.42 Å². The molecule has 2 rings (SSSR count). The van der Waals surface area contributed by atoms with Crippen LogP contribution < -0.4 is 5.32 Å². The fraction of sp³-hybridized carbons (Fsp3) is 0.667. The minimum Gasteiger partial charge on any atom is -0.393 e. The van der Waals surface area contributed by atoms with E-state index in [1.165, 1.54) is 0 Å². The quantitative estimate of drug-likeness (QED) is 0.730. The van der Waals surface area contributed by atoms with Crippen molar-refractivity contribution in [3.63, 3.8) is 0 Å². The van der Waals surface area contributed by atoms with E-state index < -0.39 is 0 Å². The van der Waals surface area contributed by atoms with E-state index in [1.54, 1.807) is 6.33 Å². The highest BCUT2D eigenvalue weighted by molar-refractivity contribution is 5.78. The number of imidazole rings is 1. The molecule has 2 atom stereocenters. The van der Waals surface area contributed by atoms with Gasteiger partial charge in [0.1, 0.15) is 0 Å². The van der Waals surface area contributed by atoms with Gasteiger partial charge in [-0.3, -0.25) is 4.79 Å². The van der Waals surface area contributed by atoms with Crippen LogP contribution in [0.5, 0.6) is 0 Å². The largest absolute Gasteiger partial charge is 0.393 e. The van der Waals surface area contributed by atoms with Gasteiger partial charge in [0.25, 0.3) is 0 Å². The number of aryl methyl sites for hydroxylation is 1. The molecule has 0 aliphatic heterocycles. The molecule has 1 fully saturated rings. The standard InChI is InChI=1S/C12H19N3O2/c1-8-11(15-7-14-8)6-13-12(17)9-3-2-4-10(16)5-9/h7,9-10,16H,2-6H2,1H3,(H,13,17)(H,14,15)/t9-,10+/m0/s1. The molecule has 0 unspecified atom stereocenters. The third kappa shape index (κ3) is 3.06. The molecule has 1 aliphatic rings. The molecule has 1 heterocycles. The summed E-state index contributed by atoms with van der Waals surface area (Å²) in [6.07, 6.45) is 4.53.